The highest BCUT2D eigenvalue weighted by Gasteiger charge is 2.16. The number of thioether (sulfide) groups is 1. The maximum atomic E-state index is 12.0. The molecule has 0 aliphatic carbocycles. The molecule has 2 N–H and O–H groups in total. The Hall–Kier alpha value is -2.58. The van der Waals surface area contributed by atoms with Crippen molar-refractivity contribution in [2.45, 2.75) is 17.1 Å². The largest absolute Gasteiger partial charge is 0.272 e. The van der Waals surface area contributed by atoms with E-state index in [1.807, 2.05) is 0 Å². The summed E-state index contributed by atoms with van der Waals surface area (Å²) < 4.78 is 0. The number of hydrogen-bond acceptors (Lipinski definition) is 5. The van der Waals surface area contributed by atoms with Gasteiger partial charge in [-0.1, -0.05) is 17.7 Å². The second kappa shape index (κ2) is 8.50. The van der Waals surface area contributed by atoms with Crippen LogP contribution in [-0.4, -0.2) is 22.0 Å². The molecule has 0 aliphatic heterocycles. The van der Waals surface area contributed by atoms with Gasteiger partial charge in [0, 0.05) is 27.6 Å². The van der Waals surface area contributed by atoms with E-state index in [-0.39, 0.29) is 11.3 Å². The first-order valence-corrected chi connectivity index (χ1v) is 8.39. The molecule has 2 rings (SSSR count). The van der Waals surface area contributed by atoms with Gasteiger partial charge in [0.15, 0.2) is 0 Å². The average molecular weight is 380 g/mol. The first kappa shape index (κ1) is 18.8. The second-order valence-corrected chi connectivity index (χ2v) is 6.82. The summed E-state index contributed by atoms with van der Waals surface area (Å²) in [6.45, 7) is 1.69. The van der Waals surface area contributed by atoms with E-state index in [0.717, 1.165) is 11.0 Å². The average Bonchev–Trinajstić information content (AvgIpc) is 2.61. The summed E-state index contributed by atoms with van der Waals surface area (Å²) in [7, 11) is 0. The summed E-state index contributed by atoms with van der Waals surface area (Å²) in [5.74, 6) is -1.04. The monoisotopic (exact) mass is 379 g/mol. The third kappa shape index (κ3) is 5.47. The Morgan fingerprint density at radius 2 is 1.84 bits per heavy atom. The van der Waals surface area contributed by atoms with Crippen LogP contribution in [0.4, 0.5) is 5.69 Å². The molecule has 2 aromatic carbocycles. The molecular weight excluding hydrogens is 366 g/mol. The fourth-order valence-corrected chi connectivity index (χ4v) is 2.82. The van der Waals surface area contributed by atoms with Crippen molar-refractivity contribution < 1.29 is 14.5 Å². The SMILES string of the molecule is CC(Sc1ccc(Cl)cc1)C(=O)NNC(=O)c1cccc([N+](=O)[O-])c1. The van der Waals surface area contributed by atoms with Crippen LogP contribution in [0.3, 0.4) is 0 Å². The Balaban J connectivity index is 1.90. The number of carbonyl (C=O) groups is 2. The van der Waals surface area contributed by atoms with Crippen molar-refractivity contribution in [1.29, 1.82) is 0 Å². The minimum Gasteiger partial charge on any atom is -0.272 e. The molecule has 0 aromatic heterocycles. The number of nitrogens with zero attached hydrogens (tertiary/aromatic N) is 1. The molecule has 0 bridgehead atoms. The van der Waals surface area contributed by atoms with Gasteiger partial charge in [-0.15, -0.1) is 11.8 Å². The lowest BCUT2D eigenvalue weighted by atomic mass is 10.2. The lowest BCUT2D eigenvalue weighted by Crippen LogP contribution is -2.44. The summed E-state index contributed by atoms with van der Waals surface area (Å²) in [4.78, 5) is 35.0. The fourth-order valence-electron chi connectivity index (χ4n) is 1.82. The molecule has 1 atom stereocenters. The number of nitro groups is 1. The molecule has 0 spiro atoms. The highest BCUT2D eigenvalue weighted by Crippen LogP contribution is 2.24. The normalized spacial score (nSPS) is 11.4. The first-order valence-electron chi connectivity index (χ1n) is 7.13. The molecule has 1 unspecified atom stereocenters. The number of hydrazine groups is 1. The van der Waals surface area contributed by atoms with Gasteiger partial charge in [-0.05, 0) is 37.3 Å². The lowest BCUT2D eigenvalue weighted by Gasteiger charge is -2.12. The van der Waals surface area contributed by atoms with Crippen molar-refractivity contribution in [3.8, 4) is 0 Å². The molecular formula is C16H14ClN3O4S. The second-order valence-electron chi connectivity index (χ2n) is 4.96. The van der Waals surface area contributed by atoms with Crippen LogP contribution in [0, 0.1) is 10.1 Å². The molecule has 0 saturated heterocycles. The van der Waals surface area contributed by atoms with E-state index in [1.165, 1.54) is 30.0 Å². The van der Waals surface area contributed by atoms with Crippen LogP contribution in [0.1, 0.15) is 17.3 Å². The van der Waals surface area contributed by atoms with Gasteiger partial charge < -0.3 is 0 Å². The van der Waals surface area contributed by atoms with Crippen LogP contribution in [0.15, 0.2) is 53.4 Å². The van der Waals surface area contributed by atoms with Crippen LogP contribution in [-0.2, 0) is 4.79 Å². The molecule has 0 aliphatic rings. The zero-order chi connectivity index (χ0) is 18.4. The van der Waals surface area contributed by atoms with E-state index >= 15 is 0 Å². The molecule has 0 heterocycles. The van der Waals surface area contributed by atoms with Crippen LogP contribution in [0.2, 0.25) is 5.02 Å². The highest BCUT2D eigenvalue weighted by atomic mass is 35.5. The summed E-state index contributed by atoms with van der Waals surface area (Å²) in [6.07, 6.45) is 0. The fraction of sp³-hybridized carbons (Fsp3) is 0.125. The molecule has 9 heteroatoms. The van der Waals surface area contributed by atoms with Gasteiger partial charge in [0.25, 0.3) is 17.5 Å². The number of rotatable bonds is 5. The summed E-state index contributed by atoms with van der Waals surface area (Å²) in [6, 6.07) is 12.2. The number of halogens is 1. The Morgan fingerprint density at radius 3 is 2.48 bits per heavy atom. The van der Waals surface area contributed by atoms with E-state index < -0.39 is 22.0 Å². The van der Waals surface area contributed by atoms with Gasteiger partial charge >= 0.3 is 0 Å². The zero-order valence-electron chi connectivity index (χ0n) is 13.1. The van der Waals surface area contributed by atoms with E-state index in [9.17, 15) is 19.7 Å². The first-order chi connectivity index (χ1) is 11.9. The zero-order valence-corrected chi connectivity index (χ0v) is 14.6. The number of non-ortho nitro benzene ring substituents is 1. The molecule has 0 radical (unpaired) electrons. The van der Waals surface area contributed by atoms with Crippen LogP contribution < -0.4 is 10.9 Å². The van der Waals surface area contributed by atoms with Crippen molar-refractivity contribution >= 4 is 40.9 Å². The smallest absolute Gasteiger partial charge is 0.270 e. The third-order valence-electron chi connectivity index (χ3n) is 3.11. The van der Waals surface area contributed by atoms with Crippen LogP contribution >= 0.6 is 23.4 Å². The Bertz CT molecular complexity index is 798. The van der Waals surface area contributed by atoms with Crippen molar-refractivity contribution in [2.75, 3.05) is 0 Å². The van der Waals surface area contributed by atoms with Crippen LogP contribution in [0.5, 0.6) is 0 Å². The van der Waals surface area contributed by atoms with Gasteiger partial charge in [0.1, 0.15) is 0 Å². The molecule has 2 amide bonds. The molecule has 25 heavy (non-hydrogen) atoms. The minimum atomic E-state index is -0.638. The van der Waals surface area contributed by atoms with Crippen molar-refractivity contribution in [3.63, 3.8) is 0 Å². The maximum absolute atomic E-state index is 12.0. The van der Waals surface area contributed by atoms with Gasteiger partial charge in [-0.2, -0.15) is 0 Å². The van der Waals surface area contributed by atoms with Gasteiger partial charge in [-0.25, -0.2) is 0 Å². The standard InChI is InChI=1S/C16H14ClN3O4S/c1-10(25-14-7-5-12(17)6-8-14)15(21)18-19-16(22)11-3-2-4-13(9-11)20(23)24/h2-10H,1H3,(H,18,21)(H,19,22). The maximum Gasteiger partial charge on any atom is 0.270 e. The summed E-state index contributed by atoms with van der Waals surface area (Å²) in [5, 5.41) is 10.9. The predicted octanol–water partition coefficient (Wildman–Crippen LogP) is 3.19. The summed E-state index contributed by atoms with van der Waals surface area (Å²) >= 11 is 7.11. The predicted molar refractivity (Wildman–Crippen MR) is 95.5 cm³/mol. The van der Waals surface area contributed by atoms with E-state index in [4.69, 9.17) is 11.6 Å². The molecule has 0 fully saturated rings. The Labute approximate surface area is 152 Å². The number of hydrogen-bond donors (Lipinski definition) is 2. The number of nitrogens with one attached hydrogen (secondary N) is 2. The molecule has 2 aromatic rings. The van der Waals surface area contributed by atoms with Gasteiger partial charge in [0.05, 0.1) is 10.2 Å². The van der Waals surface area contributed by atoms with Crippen molar-refractivity contribution in [2.24, 2.45) is 0 Å². The number of amides is 2. The van der Waals surface area contributed by atoms with Gasteiger partial charge in [0.2, 0.25) is 0 Å². The topological polar surface area (TPSA) is 101 Å². The van der Waals surface area contributed by atoms with Gasteiger partial charge in [-0.3, -0.25) is 30.6 Å². The molecule has 0 saturated carbocycles. The molecule has 130 valence electrons. The lowest BCUT2D eigenvalue weighted by molar-refractivity contribution is -0.384. The number of nitro benzene ring substituents is 1. The quantitative estimate of drug-likeness (QED) is 0.472. The minimum absolute atomic E-state index is 0.0764. The van der Waals surface area contributed by atoms with Crippen molar-refractivity contribution in [3.05, 3.63) is 69.2 Å². The number of benzene rings is 2. The van der Waals surface area contributed by atoms with Crippen molar-refractivity contribution in [1.82, 2.24) is 10.9 Å². The Kier molecular flexibility index (Phi) is 6.37. The Morgan fingerprint density at radius 1 is 1.16 bits per heavy atom. The molecule has 7 nitrogen and oxygen atoms in total. The van der Waals surface area contributed by atoms with E-state index in [1.54, 1.807) is 31.2 Å². The summed E-state index contributed by atoms with van der Waals surface area (Å²) in [5.41, 5.74) is 4.42. The third-order valence-corrected chi connectivity index (χ3v) is 4.48. The van der Waals surface area contributed by atoms with E-state index in [2.05, 4.69) is 10.9 Å². The highest BCUT2D eigenvalue weighted by molar-refractivity contribution is 8.00. The van der Waals surface area contributed by atoms with Crippen LogP contribution in [0.25, 0.3) is 0 Å². The van der Waals surface area contributed by atoms with E-state index in [0.29, 0.717) is 5.02 Å². The number of carbonyl (C=O) groups excluding carboxylic acids is 2.